The summed E-state index contributed by atoms with van der Waals surface area (Å²) in [6, 6.07) is -0.738. The van der Waals surface area contributed by atoms with E-state index in [1.807, 2.05) is 0 Å². The summed E-state index contributed by atoms with van der Waals surface area (Å²) in [5.41, 5.74) is 0. The van der Waals surface area contributed by atoms with Crippen molar-refractivity contribution in [2.75, 3.05) is 13.6 Å². The largest absolute Gasteiger partial charge is 0.343 e. The predicted octanol–water partition coefficient (Wildman–Crippen LogP) is -0.998. The second-order valence-corrected chi connectivity index (χ2v) is 4.54. The van der Waals surface area contributed by atoms with Gasteiger partial charge in [0.05, 0.1) is 6.04 Å². The van der Waals surface area contributed by atoms with Gasteiger partial charge in [0.25, 0.3) is 5.91 Å². The number of likely N-dealkylation sites (tertiary alicyclic amines) is 1. The van der Waals surface area contributed by atoms with Gasteiger partial charge in [0.1, 0.15) is 6.04 Å². The zero-order valence-corrected chi connectivity index (χ0v) is 9.86. The van der Waals surface area contributed by atoms with Crippen molar-refractivity contribution in [3.05, 3.63) is 0 Å². The molecule has 2 aliphatic heterocycles. The van der Waals surface area contributed by atoms with Gasteiger partial charge in [-0.25, -0.2) is 0 Å². The molecule has 0 radical (unpaired) electrons. The van der Waals surface area contributed by atoms with Crippen LogP contribution < -0.4 is 10.6 Å². The summed E-state index contributed by atoms with van der Waals surface area (Å²) in [6.45, 7) is 0.842. The van der Waals surface area contributed by atoms with Crippen LogP contribution in [0.4, 0.5) is 0 Å². The number of amides is 3. The molecule has 94 valence electrons. The highest BCUT2D eigenvalue weighted by molar-refractivity contribution is 6.01. The highest BCUT2D eigenvalue weighted by Gasteiger charge is 2.34. The Morgan fingerprint density at radius 2 is 2.18 bits per heavy atom. The van der Waals surface area contributed by atoms with Crippen LogP contribution in [0, 0.1) is 0 Å². The Hall–Kier alpha value is -1.43. The molecule has 2 atom stereocenters. The number of hydrogen-bond donors (Lipinski definition) is 2. The molecule has 17 heavy (non-hydrogen) atoms. The fourth-order valence-corrected chi connectivity index (χ4v) is 2.23. The predicted molar refractivity (Wildman–Crippen MR) is 60.0 cm³/mol. The summed E-state index contributed by atoms with van der Waals surface area (Å²) >= 11 is 0. The smallest absolute Gasteiger partial charge is 0.251 e. The van der Waals surface area contributed by atoms with E-state index in [9.17, 15) is 14.4 Å². The first-order valence-electron chi connectivity index (χ1n) is 5.94. The van der Waals surface area contributed by atoms with Crippen LogP contribution in [0.2, 0.25) is 0 Å². The van der Waals surface area contributed by atoms with Gasteiger partial charge in [-0.2, -0.15) is 0 Å². The monoisotopic (exact) mass is 239 g/mol. The average molecular weight is 239 g/mol. The number of imide groups is 1. The van der Waals surface area contributed by atoms with Crippen LogP contribution in [0.3, 0.4) is 0 Å². The van der Waals surface area contributed by atoms with Crippen molar-refractivity contribution in [2.45, 2.75) is 37.8 Å². The van der Waals surface area contributed by atoms with Gasteiger partial charge in [0.15, 0.2) is 0 Å². The molecule has 2 fully saturated rings. The van der Waals surface area contributed by atoms with E-state index in [-0.39, 0.29) is 23.8 Å². The molecule has 0 bridgehead atoms. The third-order valence-corrected chi connectivity index (χ3v) is 3.34. The maximum absolute atomic E-state index is 11.8. The fraction of sp³-hybridized carbons (Fsp3) is 0.727. The Balaban J connectivity index is 1.92. The van der Waals surface area contributed by atoms with Crippen LogP contribution in [0.5, 0.6) is 0 Å². The molecule has 6 nitrogen and oxygen atoms in total. The lowest BCUT2D eigenvalue weighted by molar-refractivity contribution is -0.149. The molecule has 0 aliphatic carbocycles. The molecule has 2 N–H and O–H groups in total. The van der Waals surface area contributed by atoms with Crippen molar-refractivity contribution in [3.8, 4) is 0 Å². The fourth-order valence-electron chi connectivity index (χ4n) is 2.23. The topological polar surface area (TPSA) is 78.5 Å². The summed E-state index contributed by atoms with van der Waals surface area (Å²) in [5.74, 6) is -0.629. The normalized spacial score (nSPS) is 29.6. The molecule has 2 heterocycles. The van der Waals surface area contributed by atoms with Gasteiger partial charge in [-0.3, -0.25) is 19.3 Å². The Bertz CT molecular complexity index is 350. The van der Waals surface area contributed by atoms with Crippen molar-refractivity contribution in [1.82, 2.24) is 15.5 Å². The number of likely N-dealkylation sites (N-methyl/N-ethyl adjacent to an activating group) is 1. The van der Waals surface area contributed by atoms with Crippen molar-refractivity contribution in [3.63, 3.8) is 0 Å². The van der Waals surface area contributed by atoms with Gasteiger partial charge >= 0.3 is 0 Å². The van der Waals surface area contributed by atoms with Crippen molar-refractivity contribution in [1.29, 1.82) is 0 Å². The summed E-state index contributed by atoms with van der Waals surface area (Å²) in [4.78, 5) is 35.9. The van der Waals surface area contributed by atoms with Crippen LogP contribution in [0.15, 0.2) is 0 Å². The van der Waals surface area contributed by atoms with Crippen LogP contribution in [0.25, 0.3) is 0 Å². The van der Waals surface area contributed by atoms with E-state index in [1.54, 1.807) is 0 Å². The Morgan fingerprint density at radius 1 is 1.41 bits per heavy atom. The second-order valence-electron chi connectivity index (χ2n) is 4.54. The summed E-state index contributed by atoms with van der Waals surface area (Å²) in [7, 11) is 1.46. The lowest BCUT2D eigenvalue weighted by atomic mass is 10.0. The third-order valence-electron chi connectivity index (χ3n) is 3.34. The third kappa shape index (κ3) is 2.46. The van der Waals surface area contributed by atoms with E-state index in [1.165, 1.54) is 7.05 Å². The van der Waals surface area contributed by atoms with E-state index < -0.39 is 6.04 Å². The molecule has 2 aliphatic rings. The molecule has 1 unspecified atom stereocenters. The SMILES string of the molecule is CN1C(=O)CCC(NC(=O)[C@@H]2CCCN2)C1=O. The number of piperidine rings is 1. The molecule has 0 aromatic rings. The quantitative estimate of drug-likeness (QED) is 0.606. The number of nitrogens with one attached hydrogen (secondary N) is 2. The van der Waals surface area contributed by atoms with E-state index in [0.29, 0.717) is 12.8 Å². The van der Waals surface area contributed by atoms with Gasteiger partial charge in [0.2, 0.25) is 11.8 Å². The number of rotatable bonds is 2. The first-order valence-corrected chi connectivity index (χ1v) is 5.94. The maximum Gasteiger partial charge on any atom is 0.251 e. The van der Waals surface area contributed by atoms with Crippen molar-refractivity contribution >= 4 is 17.7 Å². The van der Waals surface area contributed by atoms with Crippen molar-refractivity contribution < 1.29 is 14.4 Å². The van der Waals surface area contributed by atoms with Crippen LogP contribution in [-0.4, -0.2) is 48.3 Å². The summed E-state index contributed by atoms with van der Waals surface area (Å²) in [6.07, 6.45) is 2.50. The Morgan fingerprint density at radius 3 is 2.82 bits per heavy atom. The average Bonchev–Trinajstić information content (AvgIpc) is 2.83. The minimum absolute atomic E-state index is 0.136. The Kier molecular flexibility index (Phi) is 3.42. The number of carbonyl (C=O) groups excluding carboxylic acids is 3. The first kappa shape index (κ1) is 12.0. The molecule has 0 aromatic carbocycles. The zero-order valence-electron chi connectivity index (χ0n) is 9.86. The molecule has 6 heteroatoms. The zero-order chi connectivity index (χ0) is 12.4. The molecule has 0 aromatic heterocycles. The van der Waals surface area contributed by atoms with Gasteiger partial charge in [0, 0.05) is 13.5 Å². The van der Waals surface area contributed by atoms with Crippen LogP contribution in [0.1, 0.15) is 25.7 Å². The van der Waals surface area contributed by atoms with Gasteiger partial charge in [-0.15, -0.1) is 0 Å². The van der Waals surface area contributed by atoms with Crippen LogP contribution >= 0.6 is 0 Å². The standard InChI is InChI=1S/C11H17N3O3/c1-14-9(15)5-4-8(11(14)17)13-10(16)7-3-2-6-12-7/h7-8,12H,2-6H2,1H3,(H,13,16)/t7-,8?/m0/s1. The minimum Gasteiger partial charge on any atom is -0.343 e. The first-order chi connectivity index (χ1) is 8.09. The molecular formula is C11H17N3O3. The summed E-state index contributed by atoms with van der Waals surface area (Å²) in [5, 5.41) is 5.79. The number of nitrogens with zero attached hydrogens (tertiary/aromatic N) is 1. The minimum atomic E-state index is -0.549. The van der Waals surface area contributed by atoms with E-state index in [0.717, 1.165) is 24.3 Å². The number of carbonyl (C=O) groups is 3. The summed E-state index contributed by atoms with van der Waals surface area (Å²) < 4.78 is 0. The molecule has 3 amide bonds. The van der Waals surface area contributed by atoms with Crippen LogP contribution in [-0.2, 0) is 14.4 Å². The number of hydrogen-bond acceptors (Lipinski definition) is 4. The van der Waals surface area contributed by atoms with Gasteiger partial charge < -0.3 is 10.6 Å². The van der Waals surface area contributed by atoms with Gasteiger partial charge in [-0.05, 0) is 25.8 Å². The maximum atomic E-state index is 11.8. The van der Waals surface area contributed by atoms with E-state index in [4.69, 9.17) is 0 Å². The Labute approximate surface area is 99.7 Å². The molecule has 2 rings (SSSR count). The lowest BCUT2D eigenvalue weighted by Crippen LogP contribution is -2.55. The van der Waals surface area contributed by atoms with E-state index in [2.05, 4.69) is 10.6 Å². The second kappa shape index (κ2) is 4.83. The highest BCUT2D eigenvalue weighted by atomic mass is 16.2. The van der Waals surface area contributed by atoms with Crippen molar-refractivity contribution in [2.24, 2.45) is 0 Å². The molecular weight excluding hydrogens is 222 g/mol. The highest BCUT2D eigenvalue weighted by Crippen LogP contribution is 2.12. The van der Waals surface area contributed by atoms with E-state index >= 15 is 0 Å². The lowest BCUT2D eigenvalue weighted by Gasteiger charge is -2.28. The molecule has 2 saturated heterocycles. The molecule has 0 saturated carbocycles. The molecule has 0 spiro atoms. The van der Waals surface area contributed by atoms with Gasteiger partial charge in [-0.1, -0.05) is 0 Å².